The van der Waals surface area contributed by atoms with E-state index in [2.05, 4.69) is 42.3 Å². The first-order valence-electron chi connectivity index (χ1n) is 11.6. The molecule has 0 spiro atoms. The molecule has 17 nitrogen and oxygen atoms in total. The number of nitrogen functional groups attached to an aromatic ring is 1. The lowest BCUT2D eigenvalue weighted by Gasteiger charge is -2.23. The first-order chi connectivity index (χ1) is 19.5. The van der Waals surface area contributed by atoms with Gasteiger partial charge in [-0.05, 0) is 11.8 Å². The minimum atomic E-state index is -4.31. The maximum Gasteiger partial charge on any atom is 0.387 e. The molecule has 1 saturated heterocycles. The summed E-state index contributed by atoms with van der Waals surface area (Å²) in [7, 11) is 0. The summed E-state index contributed by atoms with van der Waals surface area (Å²) in [6, 6.07) is 0. The van der Waals surface area contributed by atoms with Crippen LogP contribution in [0, 0.1) is 0 Å². The maximum atomic E-state index is 15.8. The van der Waals surface area contributed by atoms with Crippen molar-refractivity contribution in [1.29, 1.82) is 0 Å². The summed E-state index contributed by atoms with van der Waals surface area (Å²) in [5.74, 6) is 0.283. The number of halogens is 1. The average Bonchev–Trinajstić information content (AvgIpc) is 3.69. The van der Waals surface area contributed by atoms with E-state index >= 15 is 4.39 Å². The Kier molecular flexibility index (Phi) is 7.88. The van der Waals surface area contributed by atoms with Gasteiger partial charge in [0.15, 0.2) is 35.2 Å². The quantitative estimate of drug-likeness (QED) is 0.176. The van der Waals surface area contributed by atoms with Crippen LogP contribution in [0.15, 0.2) is 22.8 Å². The highest BCUT2D eigenvalue weighted by Gasteiger charge is 2.51. The zero-order valence-electron chi connectivity index (χ0n) is 20.4. The zero-order valence-corrected chi connectivity index (χ0v) is 24.7. The monoisotopic (exact) mass is 667 g/mol. The molecule has 4 aromatic heterocycles. The molecule has 220 valence electrons. The fourth-order valence-electron chi connectivity index (χ4n) is 4.16. The molecule has 23 heteroatoms. The summed E-state index contributed by atoms with van der Waals surface area (Å²) in [5, 5.41) is 4.40. The summed E-state index contributed by atoms with van der Waals surface area (Å²) in [4.78, 5) is 42.3. The van der Waals surface area contributed by atoms with Crippen LogP contribution in [-0.4, -0.2) is 75.8 Å². The number of nitrogens with zero attached hydrogens (tertiary/aromatic N) is 7. The van der Waals surface area contributed by atoms with Crippen molar-refractivity contribution in [2.45, 2.75) is 37.8 Å². The molecule has 0 aliphatic carbocycles. The molecule has 2 aliphatic heterocycles. The number of nitrogens with one attached hydrogen (secondary N) is 1. The van der Waals surface area contributed by atoms with Crippen molar-refractivity contribution in [3.63, 3.8) is 0 Å². The lowest BCUT2D eigenvalue weighted by molar-refractivity contribution is -0.0454. The molecule has 4 aromatic rings. The van der Waals surface area contributed by atoms with E-state index < -0.39 is 56.9 Å². The largest absolute Gasteiger partial charge is 0.387 e. The first-order valence-corrected chi connectivity index (χ1v) is 17.8. The van der Waals surface area contributed by atoms with Gasteiger partial charge in [0.25, 0.3) is 5.56 Å². The summed E-state index contributed by atoms with van der Waals surface area (Å²) in [6.07, 6.45) is -3.71. The maximum absolute atomic E-state index is 15.8. The van der Waals surface area contributed by atoms with Crippen molar-refractivity contribution in [1.82, 2.24) is 39.3 Å². The summed E-state index contributed by atoms with van der Waals surface area (Å²) in [5.41, 5.74) is 6.48. The fourth-order valence-corrected chi connectivity index (χ4v) is 7.20. The number of alkyl halides is 1. The number of anilines is 1. The highest BCUT2D eigenvalue weighted by molar-refractivity contribution is 8.44. The number of ether oxygens (including phenoxy) is 1. The molecule has 41 heavy (non-hydrogen) atoms. The van der Waals surface area contributed by atoms with E-state index in [0.717, 1.165) is 6.33 Å². The summed E-state index contributed by atoms with van der Waals surface area (Å²) in [6.45, 7) is -9.23. The van der Waals surface area contributed by atoms with Crippen molar-refractivity contribution in [2.75, 3.05) is 18.9 Å². The molecule has 6 rings (SSSR count). The van der Waals surface area contributed by atoms with Gasteiger partial charge in [0.1, 0.15) is 18.8 Å². The molecule has 1 fully saturated rings. The zero-order chi connectivity index (χ0) is 28.9. The molecule has 0 saturated carbocycles. The van der Waals surface area contributed by atoms with Crippen LogP contribution in [0.2, 0.25) is 0 Å². The van der Waals surface area contributed by atoms with Crippen molar-refractivity contribution >= 4 is 66.0 Å². The molecule has 0 radical (unpaired) electrons. The second kappa shape index (κ2) is 11.2. The van der Waals surface area contributed by atoms with Crippen LogP contribution in [0.3, 0.4) is 0 Å². The Morgan fingerprint density at radius 3 is 2.93 bits per heavy atom. The van der Waals surface area contributed by atoms with Crippen LogP contribution < -0.4 is 11.3 Å². The van der Waals surface area contributed by atoms with E-state index in [-0.39, 0.29) is 36.1 Å². The molecule has 0 amide bonds. The van der Waals surface area contributed by atoms with Crippen LogP contribution >= 0.6 is 37.1 Å². The van der Waals surface area contributed by atoms with E-state index in [1.54, 1.807) is 11.7 Å². The molecular formula is C18H20FN9O8P2S3. The number of aromatic amines is 1. The van der Waals surface area contributed by atoms with Gasteiger partial charge >= 0.3 is 13.5 Å². The molecule has 2 bridgehead atoms. The van der Waals surface area contributed by atoms with Crippen LogP contribution in [-0.2, 0) is 52.4 Å². The lowest BCUT2D eigenvalue weighted by Crippen LogP contribution is -2.32. The Morgan fingerprint density at radius 2 is 2.15 bits per heavy atom. The van der Waals surface area contributed by atoms with E-state index in [0.29, 0.717) is 10.7 Å². The van der Waals surface area contributed by atoms with Gasteiger partial charge in [0.2, 0.25) is 5.95 Å². The standard InChI is InChI=1S/C18H20FN9O8P2S3/c19-11-8-4-33-37(30,39)32-2-1-28-10(23-14(26-28)9-3-21-7-41-9)5-34-38(31,40)36-13(11)17(35-8)27-6-22-12-15(27)24-18(20)25-16(12)29/h3,6-8,11,13,17H,1-2,4-5H2,(H,30,39)(H,31,40)(H3,20,24,25,29)/t8-,11-,13-,17+,37?,38?/m1/s1. The Balaban J connectivity index is 1.35. The molecule has 4 N–H and O–H groups in total. The Labute approximate surface area is 243 Å². The first kappa shape index (κ1) is 28.9. The van der Waals surface area contributed by atoms with Gasteiger partial charge < -0.3 is 24.4 Å². The second-order valence-corrected chi connectivity index (χ2v) is 15.2. The molecule has 2 unspecified atom stereocenters. The van der Waals surface area contributed by atoms with Gasteiger partial charge in [0.05, 0.1) is 36.5 Å². The number of thiazole rings is 1. The molecule has 2 aliphatic rings. The van der Waals surface area contributed by atoms with Gasteiger partial charge in [0, 0.05) is 6.20 Å². The third-order valence-corrected chi connectivity index (χ3v) is 9.94. The minimum absolute atomic E-state index is 0.0535. The average molecular weight is 668 g/mol. The Morgan fingerprint density at radius 1 is 1.32 bits per heavy atom. The number of rotatable bonds is 2. The number of nitrogens with two attached hydrogens (primary N) is 1. The van der Waals surface area contributed by atoms with Gasteiger partial charge in [-0.25, -0.2) is 23.6 Å². The SMILES string of the molecule is Nc1nc2c(ncn2[C@H]2O[C@@H]3COP(O)(=S)OCCn4nc(-c5cncs5)nc4COP(=O)(S)O[C@@H]2[C@@H]3F)c(=O)[nH]1. The Hall–Kier alpha value is -2.16. The van der Waals surface area contributed by atoms with E-state index in [1.807, 2.05) is 0 Å². The van der Waals surface area contributed by atoms with E-state index in [1.165, 1.54) is 20.6 Å². The second-order valence-electron chi connectivity index (χ2n) is 8.63. The molecule has 0 aromatic carbocycles. The van der Waals surface area contributed by atoms with Crippen molar-refractivity contribution in [3.8, 4) is 10.7 Å². The molecular weight excluding hydrogens is 647 g/mol. The summed E-state index contributed by atoms with van der Waals surface area (Å²) >= 11 is 10.4. The third-order valence-electron chi connectivity index (χ3n) is 5.96. The summed E-state index contributed by atoms with van der Waals surface area (Å²) < 4.78 is 59.4. The third kappa shape index (κ3) is 6.02. The number of imidazole rings is 1. The van der Waals surface area contributed by atoms with Crippen LogP contribution in [0.1, 0.15) is 12.1 Å². The highest BCUT2D eigenvalue weighted by atomic mass is 32.7. The molecule has 6 atom stereocenters. The van der Waals surface area contributed by atoms with E-state index in [9.17, 15) is 14.3 Å². The normalized spacial score (nSPS) is 31.5. The number of hydrogen-bond donors (Lipinski definition) is 4. The van der Waals surface area contributed by atoms with Crippen LogP contribution in [0.5, 0.6) is 0 Å². The number of hydrogen-bond acceptors (Lipinski definition) is 15. The number of fused-ring (bicyclic) bond motifs is 4. The predicted octanol–water partition coefficient (Wildman–Crippen LogP) is 1.56. The van der Waals surface area contributed by atoms with Crippen molar-refractivity contribution < 1.29 is 36.7 Å². The fraction of sp³-hybridized carbons (Fsp3) is 0.444. The van der Waals surface area contributed by atoms with Crippen LogP contribution in [0.25, 0.3) is 21.9 Å². The number of aromatic nitrogens is 8. The van der Waals surface area contributed by atoms with Gasteiger partial charge in [-0.15, -0.1) is 16.4 Å². The van der Waals surface area contributed by atoms with Gasteiger partial charge in [-0.2, -0.15) is 4.98 Å². The van der Waals surface area contributed by atoms with Crippen molar-refractivity contribution in [2.24, 2.45) is 0 Å². The Bertz CT molecular complexity index is 1740. The highest BCUT2D eigenvalue weighted by Crippen LogP contribution is 2.57. The van der Waals surface area contributed by atoms with Gasteiger partial charge in [-0.3, -0.25) is 28.4 Å². The van der Waals surface area contributed by atoms with Crippen LogP contribution in [0.4, 0.5) is 10.3 Å². The number of thiol groups is 1. The smallest absolute Gasteiger partial charge is 0.369 e. The van der Waals surface area contributed by atoms with E-state index in [4.69, 9.17) is 40.4 Å². The van der Waals surface area contributed by atoms with Crippen molar-refractivity contribution in [3.05, 3.63) is 34.2 Å². The van der Waals surface area contributed by atoms with Gasteiger partial charge in [-0.1, -0.05) is 12.2 Å². The topological polar surface area (TPSA) is 217 Å². The minimum Gasteiger partial charge on any atom is -0.369 e. The molecule has 6 heterocycles. The lowest BCUT2D eigenvalue weighted by atomic mass is 10.1. The predicted molar refractivity (Wildman–Crippen MR) is 147 cm³/mol. The number of H-pyrrole nitrogens is 1.